The number of unbranched alkanes of at least 4 members (excludes halogenated alkanes) is 1. The summed E-state index contributed by atoms with van der Waals surface area (Å²) in [6.45, 7) is 6.81. The van der Waals surface area contributed by atoms with E-state index in [0.717, 1.165) is 37.7 Å². The molecule has 2 heterocycles. The smallest absolute Gasteiger partial charge is 0.0480 e. The van der Waals surface area contributed by atoms with Crippen molar-refractivity contribution >= 4 is 28.2 Å². The van der Waals surface area contributed by atoms with Crippen LogP contribution >= 0.6 is 11.6 Å². The molecule has 2 aromatic carbocycles. The fraction of sp³-hybridized carbons (Fsp3) is 0.364. The molecular weight excluding hydrogens is 342 g/mol. The SMILES string of the molecule is Clc1ccc(N2CCN(CCCCn3ccc4ccccc43)CC2)cc1. The molecular formula is C22H26ClN3. The van der Waals surface area contributed by atoms with E-state index < -0.39 is 0 Å². The normalized spacial score (nSPS) is 15.7. The zero-order chi connectivity index (χ0) is 17.8. The highest BCUT2D eigenvalue weighted by molar-refractivity contribution is 6.30. The fourth-order valence-corrected chi connectivity index (χ4v) is 3.96. The maximum absolute atomic E-state index is 5.99. The molecule has 1 fully saturated rings. The Morgan fingerprint density at radius 3 is 2.31 bits per heavy atom. The highest BCUT2D eigenvalue weighted by Gasteiger charge is 2.16. The van der Waals surface area contributed by atoms with E-state index in [1.54, 1.807) is 0 Å². The minimum absolute atomic E-state index is 0.808. The van der Waals surface area contributed by atoms with Gasteiger partial charge in [0.1, 0.15) is 0 Å². The van der Waals surface area contributed by atoms with Crippen molar-refractivity contribution in [1.82, 2.24) is 9.47 Å². The van der Waals surface area contributed by atoms with E-state index in [0.29, 0.717) is 0 Å². The van der Waals surface area contributed by atoms with E-state index in [-0.39, 0.29) is 0 Å². The highest BCUT2D eigenvalue weighted by Crippen LogP contribution is 2.20. The van der Waals surface area contributed by atoms with Crippen LogP contribution in [0.4, 0.5) is 5.69 Å². The third-order valence-electron chi connectivity index (χ3n) is 5.37. The van der Waals surface area contributed by atoms with Crippen LogP contribution in [0.1, 0.15) is 12.8 Å². The van der Waals surface area contributed by atoms with Gasteiger partial charge in [0, 0.05) is 55.1 Å². The number of para-hydroxylation sites is 1. The number of anilines is 1. The van der Waals surface area contributed by atoms with Crippen LogP contribution in [-0.4, -0.2) is 42.2 Å². The fourth-order valence-electron chi connectivity index (χ4n) is 3.83. The Hall–Kier alpha value is -1.97. The summed E-state index contributed by atoms with van der Waals surface area (Å²) in [5.41, 5.74) is 2.64. The minimum atomic E-state index is 0.808. The molecule has 0 amide bonds. The third kappa shape index (κ3) is 4.05. The molecule has 1 aliphatic heterocycles. The molecule has 0 unspecified atom stereocenters. The number of piperazine rings is 1. The summed E-state index contributed by atoms with van der Waals surface area (Å²) in [5, 5.41) is 2.15. The van der Waals surface area contributed by atoms with Crippen molar-refractivity contribution in [3.05, 3.63) is 65.8 Å². The van der Waals surface area contributed by atoms with Gasteiger partial charge in [-0.15, -0.1) is 0 Å². The van der Waals surface area contributed by atoms with Crippen LogP contribution in [0, 0.1) is 0 Å². The van der Waals surface area contributed by atoms with Crippen LogP contribution in [-0.2, 0) is 6.54 Å². The van der Waals surface area contributed by atoms with Gasteiger partial charge in [-0.2, -0.15) is 0 Å². The number of halogens is 1. The lowest BCUT2D eigenvalue weighted by molar-refractivity contribution is 0.251. The van der Waals surface area contributed by atoms with Gasteiger partial charge in [-0.05, 0) is 61.2 Å². The number of aryl methyl sites for hydroxylation is 1. The van der Waals surface area contributed by atoms with Gasteiger partial charge in [0.2, 0.25) is 0 Å². The highest BCUT2D eigenvalue weighted by atomic mass is 35.5. The maximum atomic E-state index is 5.99. The van der Waals surface area contributed by atoms with Gasteiger partial charge in [-0.1, -0.05) is 29.8 Å². The van der Waals surface area contributed by atoms with Crippen LogP contribution in [0.25, 0.3) is 10.9 Å². The molecule has 136 valence electrons. The Balaban J connectivity index is 1.20. The average Bonchev–Trinajstić information content (AvgIpc) is 3.10. The summed E-state index contributed by atoms with van der Waals surface area (Å²) >= 11 is 5.99. The quantitative estimate of drug-likeness (QED) is 0.574. The third-order valence-corrected chi connectivity index (χ3v) is 5.62. The number of aromatic nitrogens is 1. The first kappa shape index (κ1) is 17.4. The van der Waals surface area contributed by atoms with Crippen molar-refractivity contribution in [2.75, 3.05) is 37.6 Å². The van der Waals surface area contributed by atoms with Crippen molar-refractivity contribution in [2.45, 2.75) is 19.4 Å². The predicted octanol–water partition coefficient (Wildman–Crippen LogP) is 4.90. The Kier molecular flexibility index (Phi) is 5.47. The summed E-state index contributed by atoms with van der Waals surface area (Å²) in [5.74, 6) is 0. The van der Waals surface area contributed by atoms with Gasteiger partial charge in [-0.3, -0.25) is 4.90 Å². The molecule has 0 N–H and O–H groups in total. The van der Waals surface area contributed by atoms with Gasteiger partial charge in [0.15, 0.2) is 0 Å². The standard InChI is InChI=1S/C22H26ClN3/c23-20-7-9-21(10-8-20)25-17-15-24(16-18-25)12-3-4-13-26-14-11-19-5-1-2-6-22(19)26/h1-2,5-11,14H,3-4,12-13,15-18H2. The van der Waals surface area contributed by atoms with Crippen LogP contribution in [0.5, 0.6) is 0 Å². The number of nitrogens with zero attached hydrogens (tertiary/aromatic N) is 3. The molecule has 0 radical (unpaired) electrons. The molecule has 0 atom stereocenters. The summed E-state index contributed by atoms with van der Waals surface area (Å²) in [6.07, 6.45) is 4.71. The largest absolute Gasteiger partial charge is 0.369 e. The van der Waals surface area contributed by atoms with Crippen LogP contribution < -0.4 is 4.90 Å². The molecule has 1 aliphatic rings. The second-order valence-electron chi connectivity index (χ2n) is 7.08. The van der Waals surface area contributed by atoms with Crippen molar-refractivity contribution in [1.29, 1.82) is 0 Å². The number of rotatable bonds is 6. The van der Waals surface area contributed by atoms with E-state index in [9.17, 15) is 0 Å². The van der Waals surface area contributed by atoms with Gasteiger partial charge in [0.05, 0.1) is 0 Å². The van der Waals surface area contributed by atoms with E-state index in [4.69, 9.17) is 11.6 Å². The zero-order valence-electron chi connectivity index (χ0n) is 15.1. The Morgan fingerprint density at radius 1 is 0.769 bits per heavy atom. The molecule has 0 bridgehead atoms. The minimum Gasteiger partial charge on any atom is -0.369 e. The van der Waals surface area contributed by atoms with Crippen molar-refractivity contribution in [3.63, 3.8) is 0 Å². The van der Waals surface area contributed by atoms with Crippen molar-refractivity contribution < 1.29 is 0 Å². The Morgan fingerprint density at radius 2 is 1.50 bits per heavy atom. The first-order valence-electron chi connectivity index (χ1n) is 9.56. The summed E-state index contributed by atoms with van der Waals surface area (Å²) < 4.78 is 2.38. The second-order valence-corrected chi connectivity index (χ2v) is 7.52. The molecule has 0 aliphatic carbocycles. The molecule has 4 heteroatoms. The lowest BCUT2D eigenvalue weighted by Crippen LogP contribution is -2.46. The molecule has 3 nitrogen and oxygen atoms in total. The summed E-state index contributed by atoms with van der Waals surface area (Å²) in [4.78, 5) is 5.05. The molecule has 26 heavy (non-hydrogen) atoms. The van der Waals surface area contributed by atoms with E-state index >= 15 is 0 Å². The maximum Gasteiger partial charge on any atom is 0.0480 e. The Bertz CT molecular complexity index is 832. The lowest BCUT2D eigenvalue weighted by Gasteiger charge is -2.36. The van der Waals surface area contributed by atoms with Crippen LogP contribution in [0.15, 0.2) is 60.8 Å². The topological polar surface area (TPSA) is 11.4 Å². The number of hydrogen-bond donors (Lipinski definition) is 0. The van der Waals surface area contributed by atoms with E-state index in [1.807, 2.05) is 12.1 Å². The monoisotopic (exact) mass is 367 g/mol. The first-order chi connectivity index (χ1) is 12.8. The van der Waals surface area contributed by atoms with Gasteiger partial charge in [-0.25, -0.2) is 0 Å². The van der Waals surface area contributed by atoms with Crippen LogP contribution in [0.3, 0.4) is 0 Å². The molecule has 1 aromatic heterocycles. The van der Waals surface area contributed by atoms with Crippen molar-refractivity contribution in [2.24, 2.45) is 0 Å². The summed E-state index contributed by atoms with van der Waals surface area (Å²) in [7, 11) is 0. The number of benzene rings is 2. The predicted molar refractivity (Wildman–Crippen MR) is 111 cm³/mol. The van der Waals surface area contributed by atoms with E-state index in [1.165, 1.54) is 36.0 Å². The molecule has 0 spiro atoms. The summed E-state index contributed by atoms with van der Waals surface area (Å²) in [6, 6.07) is 19.1. The van der Waals surface area contributed by atoms with Crippen molar-refractivity contribution in [3.8, 4) is 0 Å². The van der Waals surface area contributed by atoms with Gasteiger partial charge < -0.3 is 9.47 Å². The van der Waals surface area contributed by atoms with E-state index in [2.05, 4.69) is 63.0 Å². The molecule has 1 saturated heterocycles. The molecule has 4 rings (SSSR count). The first-order valence-corrected chi connectivity index (χ1v) is 9.94. The Labute approximate surface area is 160 Å². The van der Waals surface area contributed by atoms with Crippen LogP contribution in [0.2, 0.25) is 5.02 Å². The van der Waals surface area contributed by atoms with Gasteiger partial charge in [0.25, 0.3) is 0 Å². The average molecular weight is 368 g/mol. The zero-order valence-corrected chi connectivity index (χ0v) is 15.9. The number of hydrogen-bond acceptors (Lipinski definition) is 2. The lowest BCUT2D eigenvalue weighted by atomic mass is 10.2. The molecule has 0 saturated carbocycles. The second kappa shape index (κ2) is 8.15. The molecule has 3 aromatic rings. The van der Waals surface area contributed by atoms with Gasteiger partial charge >= 0.3 is 0 Å². The number of fused-ring (bicyclic) bond motifs is 1.